The summed E-state index contributed by atoms with van der Waals surface area (Å²) in [6, 6.07) is 1.91. The van der Waals surface area contributed by atoms with Crippen molar-refractivity contribution in [3.63, 3.8) is 0 Å². The highest BCUT2D eigenvalue weighted by molar-refractivity contribution is 8.07. The molecule has 0 amide bonds. The van der Waals surface area contributed by atoms with E-state index in [4.69, 9.17) is 16.3 Å². The lowest BCUT2D eigenvalue weighted by Crippen LogP contribution is -2.37. The molecule has 0 aromatic heterocycles. The number of rotatable bonds is 5. The molecule has 6 heteroatoms. The Morgan fingerprint density at radius 2 is 2.19 bits per heavy atom. The van der Waals surface area contributed by atoms with Gasteiger partial charge in [-0.2, -0.15) is 15.6 Å². The van der Waals surface area contributed by atoms with Crippen LogP contribution in [0.4, 0.5) is 0 Å². The van der Waals surface area contributed by atoms with E-state index >= 15 is 0 Å². The fourth-order valence-electron chi connectivity index (χ4n) is 1.50. The lowest BCUT2D eigenvalue weighted by atomic mass is 10.0. The summed E-state index contributed by atoms with van der Waals surface area (Å²) in [6.45, 7) is 2.10. The number of nitrogens with two attached hydrogens (primary N) is 1. The van der Waals surface area contributed by atoms with Crippen molar-refractivity contribution in [2.24, 2.45) is 16.0 Å². The minimum absolute atomic E-state index is 0.172. The van der Waals surface area contributed by atoms with Crippen molar-refractivity contribution in [2.75, 3.05) is 0 Å². The number of allylic oxidation sites excluding steroid dienone is 1. The van der Waals surface area contributed by atoms with Gasteiger partial charge in [0, 0.05) is 0 Å². The second-order valence-corrected chi connectivity index (χ2v) is 4.36. The molecule has 0 bridgehead atoms. The summed E-state index contributed by atoms with van der Waals surface area (Å²) >= 11 is 0.887. The first kappa shape index (κ1) is 12.7. The van der Waals surface area contributed by atoms with Crippen LogP contribution in [0.25, 0.3) is 0 Å². The van der Waals surface area contributed by atoms with E-state index in [0.717, 1.165) is 31.0 Å². The summed E-state index contributed by atoms with van der Waals surface area (Å²) in [5, 5.41) is 27.1. The first-order valence-corrected chi connectivity index (χ1v) is 5.92. The number of hydrogen-bond donors (Lipinski definition) is 1. The van der Waals surface area contributed by atoms with Gasteiger partial charge < -0.3 is 5.73 Å². The van der Waals surface area contributed by atoms with Gasteiger partial charge in [-0.1, -0.05) is 19.8 Å². The molecule has 16 heavy (non-hydrogen) atoms. The summed E-state index contributed by atoms with van der Waals surface area (Å²) in [5.41, 5.74) is 5.27. The fourth-order valence-corrected chi connectivity index (χ4v) is 2.09. The molecule has 1 atom stereocenters. The van der Waals surface area contributed by atoms with Gasteiger partial charge in [-0.05, 0) is 24.6 Å². The Bertz CT molecular complexity index is 400. The normalized spacial score (nSPS) is 23.2. The highest BCUT2D eigenvalue weighted by Gasteiger charge is 2.37. The molecule has 0 radical (unpaired) electrons. The average molecular weight is 235 g/mol. The van der Waals surface area contributed by atoms with Gasteiger partial charge in [0.1, 0.15) is 11.5 Å². The maximum absolute atomic E-state index is 8.83. The van der Waals surface area contributed by atoms with Gasteiger partial charge in [-0.25, -0.2) is 0 Å². The summed E-state index contributed by atoms with van der Waals surface area (Å²) < 4.78 is 0. The van der Waals surface area contributed by atoms with E-state index in [9.17, 15) is 0 Å². The SMILES string of the molecule is CCCCCC1(N)N=NC(C#N)=C1SC#N. The molecule has 1 aliphatic heterocycles. The van der Waals surface area contributed by atoms with Crippen LogP contribution >= 0.6 is 11.8 Å². The van der Waals surface area contributed by atoms with Crippen molar-refractivity contribution in [3.05, 3.63) is 10.6 Å². The molecule has 0 aromatic carbocycles. The minimum Gasteiger partial charge on any atom is -0.301 e. The first-order chi connectivity index (χ1) is 7.68. The monoisotopic (exact) mass is 235 g/mol. The van der Waals surface area contributed by atoms with Gasteiger partial charge in [-0.15, -0.1) is 5.11 Å². The number of azo groups is 1. The Hall–Kier alpha value is -1.37. The van der Waals surface area contributed by atoms with Crippen molar-refractivity contribution in [2.45, 2.75) is 38.3 Å². The van der Waals surface area contributed by atoms with Crippen LogP contribution in [0.5, 0.6) is 0 Å². The number of hydrogen-bond acceptors (Lipinski definition) is 6. The van der Waals surface area contributed by atoms with E-state index in [1.54, 1.807) is 0 Å². The average Bonchev–Trinajstić information content (AvgIpc) is 2.58. The number of nitriles is 2. The predicted molar refractivity (Wildman–Crippen MR) is 61.8 cm³/mol. The zero-order valence-corrected chi connectivity index (χ0v) is 9.92. The molecule has 0 fully saturated rings. The lowest BCUT2D eigenvalue weighted by Gasteiger charge is -2.20. The molecule has 0 spiro atoms. The third-order valence-corrected chi connectivity index (χ3v) is 3.19. The van der Waals surface area contributed by atoms with Crippen molar-refractivity contribution < 1.29 is 0 Å². The van der Waals surface area contributed by atoms with Crippen molar-refractivity contribution >= 4 is 11.8 Å². The van der Waals surface area contributed by atoms with Crippen LogP contribution in [-0.2, 0) is 0 Å². The summed E-state index contributed by atoms with van der Waals surface area (Å²) in [6.07, 6.45) is 3.68. The molecule has 1 rings (SSSR count). The second-order valence-electron chi connectivity index (χ2n) is 3.56. The zero-order chi connectivity index (χ0) is 12.0. The van der Waals surface area contributed by atoms with Crippen LogP contribution in [0.1, 0.15) is 32.6 Å². The Balaban J connectivity index is 2.81. The van der Waals surface area contributed by atoms with Crippen LogP contribution in [0.2, 0.25) is 0 Å². The van der Waals surface area contributed by atoms with Crippen molar-refractivity contribution in [1.82, 2.24) is 0 Å². The molecular weight excluding hydrogens is 222 g/mol. The topological polar surface area (TPSA) is 98.3 Å². The number of unbranched alkanes of at least 4 members (excludes halogenated alkanes) is 2. The van der Waals surface area contributed by atoms with E-state index in [-0.39, 0.29) is 5.70 Å². The third-order valence-electron chi connectivity index (χ3n) is 2.35. The third kappa shape index (κ3) is 2.60. The minimum atomic E-state index is -0.958. The molecule has 1 aliphatic rings. The quantitative estimate of drug-likeness (QED) is 0.584. The molecule has 5 nitrogen and oxygen atoms in total. The van der Waals surface area contributed by atoms with E-state index in [1.165, 1.54) is 0 Å². The van der Waals surface area contributed by atoms with Gasteiger partial charge in [-0.3, -0.25) is 0 Å². The largest absolute Gasteiger partial charge is 0.301 e. The zero-order valence-electron chi connectivity index (χ0n) is 9.10. The van der Waals surface area contributed by atoms with Crippen molar-refractivity contribution in [3.8, 4) is 11.5 Å². The summed E-state index contributed by atoms with van der Waals surface area (Å²) in [4.78, 5) is 0.480. The molecule has 0 aliphatic carbocycles. The van der Waals surface area contributed by atoms with Crippen molar-refractivity contribution in [1.29, 1.82) is 10.5 Å². The molecule has 0 saturated heterocycles. The molecule has 2 N–H and O–H groups in total. The Labute approximate surface area is 99.0 Å². The maximum atomic E-state index is 8.83. The molecule has 1 unspecified atom stereocenters. The van der Waals surface area contributed by atoms with Gasteiger partial charge in [0.2, 0.25) is 0 Å². The Morgan fingerprint density at radius 3 is 2.75 bits per heavy atom. The van der Waals surface area contributed by atoms with E-state index in [0.29, 0.717) is 11.3 Å². The number of nitrogens with zero attached hydrogens (tertiary/aromatic N) is 4. The molecule has 0 saturated carbocycles. The summed E-state index contributed by atoms with van der Waals surface area (Å²) in [5.74, 6) is 0. The van der Waals surface area contributed by atoms with Gasteiger partial charge in [0.25, 0.3) is 0 Å². The highest BCUT2D eigenvalue weighted by Crippen LogP contribution is 2.38. The lowest BCUT2D eigenvalue weighted by molar-refractivity contribution is 0.466. The van der Waals surface area contributed by atoms with E-state index in [2.05, 4.69) is 17.2 Å². The Morgan fingerprint density at radius 1 is 1.44 bits per heavy atom. The molecule has 1 heterocycles. The van der Waals surface area contributed by atoms with E-state index < -0.39 is 5.66 Å². The van der Waals surface area contributed by atoms with Crippen LogP contribution in [0, 0.1) is 22.0 Å². The number of thioether (sulfide) groups is 1. The van der Waals surface area contributed by atoms with E-state index in [1.807, 2.05) is 11.5 Å². The first-order valence-electron chi connectivity index (χ1n) is 5.10. The number of thiocyanates is 1. The van der Waals surface area contributed by atoms with Gasteiger partial charge in [0.05, 0.1) is 4.91 Å². The van der Waals surface area contributed by atoms with Gasteiger partial charge in [0.15, 0.2) is 11.4 Å². The van der Waals surface area contributed by atoms with Gasteiger partial charge >= 0.3 is 0 Å². The maximum Gasteiger partial charge on any atom is 0.177 e. The second kappa shape index (κ2) is 5.64. The van der Waals surface area contributed by atoms with Crippen LogP contribution in [0.15, 0.2) is 20.8 Å². The predicted octanol–water partition coefficient (Wildman–Crippen LogP) is 2.64. The molecular formula is C10H13N5S. The molecule has 84 valence electrons. The van der Waals surface area contributed by atoms with Crippen LogP contribution < -0.4 is 5.73 Å². The molecule has 0 aromatic rings. The fraction of sp³-hybridized carbons (Fsp3) is 0.600. The smallest absolute Gasteiger partial charge is 0.177 e. The standard InChI is InChI=1S/C10H13N5S/c1-2-3-4-5-10(13)9(16-7-12)8(6-11)14-15-10/h2-5,13H2,1H3. The summed E-state index contributed by atoms with van der Waals surface area (Å²) in [7, 11) is 0. The van der Waals surface area contributed by atoms with Crippen LogP contribution in [0.3, 0.4) is 0 Å². The highest BCUT2D eigenvalue weighted by atomic mass is 32.2. The Kier molecular flexibility index (Phi) is 4.48. The van der Waals surface area contributed by atoms with Crippen LogP contribution in [-0.4, -0.2) is 5.66 Å².